The highest BCUT2D eigenvalue weighted by Gasteiger charge is 2.59. The number of carbonyl (C=O) groups excluding carboxylic acids is 3. The van der Waals surface area contributed by atoms with Crippen LogP contribution in [0, 0.1) is 13.8 Å². The fourth-order valence-electron chi connectivity index (χ4n) is 3.92. The van der Waals surface area contributed by atoms with Crippen LogP contribution in [0.25, 0.3) is 0 Å². The number of aromatic nitrogens is 2. The number of halogens is 1. The van der Waals surface area contributed by atoms with Gasteiger partial charge in [0.15, 0.2) is 19.1 Å². The zero-order valence-electron chi connectivity index (χ0n) is 21.6. The van der Waals surface area contributed by atoms with E-state index >= 15 is 0 Å². The number of alkyl halides is 1. The number of rotatable bonds is 8. The van der Waals surface area contributed by atoms with Crippen LogP contribution in [-0.4, -0.2) is 65.4 Å². The van der Waals surface area contributed by atoms with Crippen molar-refractivity contribution in [3.63, 3.8) is 0 Å². The number of hydrogen-bond donors (Lipinski definition) is 2. The minimum Gasteiger partial charge on any atom is -0.398 e. The molecule has 3 amide bonds. The molecule has 2 N–H and O–H groups in total. The van der Waals surface area contributed by atoms with Crippen LogP contribution in [0.3, 0.4) is 0 Å². The first-order valence-electron chi connectivity index (χ1n) is 11.2. The van der Waals surface area contributed by atoms with Crippen molar-refractivity contribution < 1.29 is 23.7 Å². The standard InChI is InChI=1S/C22H31ClN6O5SSi/c1-11-15(12(2)34-27-11)18-17(20(32)29(18)36(7,8)22(3,4)5)26-19(31)16(28-33-6)13-10-35-21(24-13)25-14(30)9-23/h10,17-18H,9H2,1-8H3,(H,26,31)(H,24,25,30)/b28-16-/t17-,18-/m0/s1. The van der Waals surface area contributed by atoms with Gasteiger partial charge in [0.25, 0.3) is 5.91 Å². The monoisotopic (exact) mass is 554 g/mol. The highest BCUT2D eigenvalue weighted by atomic mass is 35.5. The molecule has 0 aliphatic carbocycles. The number of amides is 3. The molecular weight excluding hydrogens is 524 g/mol. The predicted octanol–water partition coefficient (Wildman–Crippen LogP) is 3.35. The molecule has 0 aromatic carbocycles. The third kappa shape index (κ3) is 5.04. The van der Waals surface area contributed by atoms with Crippen molar-refractivity contribution in [2.24, 2.45) is 5.16 Å². The van der Waals surface area contributed by atoms with Gasteiger partial charge in [-0.3, -0.25) is 14.4 Å². The van der Waals surface area contributed by atoms with Crippen LogP contribution in [0.15, 0.2) is 15.1 Å². The molecule has 196 valence electrons. The highest BCUT2D eigenvalue weighted by molar-refractivity contribution is 7.14. The largest absolute Gasteiger partial charge is 0.398 e. The zero-order chi connectivity index (χ0) is 27.0. The average molecular weight is 555 g/mol. The van der Waals surface area contributed by atoms with Crippen molar-refractivity contribution in [3.05, 3.63) is 28.1 Å². The van der Waals surface area contributed by atoms with Crippen molar-refractivity contribution in [2.75, 3.05) is 18.3 Å². The van der Waals surface area contributed by atoms with E-state index in [1.165, 1.54) is 7.11 Å². The minimum absolute atomic E-state index is 0.123. The lowest BCUT2D eigenvalue weighted by Gasteiger charge is -2.58. The van der Waals surface area contributed by atoms with Gasteiger partial charge in [0.05, 0.1) is 11.7 Å². The molecule has 2 atom stereocenters. The quantitative estimate of drug-likeness (QED) is 0.168. The summed E-state index contributed by atoms with van der Waals surface area (Å²) in [5, 5.41) is 14.9. The second kappa shape index (κ2) is 10.3. The molecule has 11 nitrogen and oxygen atoms in total. The Morgan fingerprint density at radius 1 is 1.33 bits per heavy atom. The maximum atomic E-state index is 13.5. The van der Waals surface area contributed by atoms with E-state index in [0.717, 1.165) is 16.9 Å². The Morgan fingerprint density at radius 2 is 2.00 bits per heavy atom. The zero-order valence-corrected chi connectivity index (χ0v) is 24.1. The molecule has 0 spiro atoms. The number of carbonyl (C=O) groups is 3. The predicted molar refractivity (Wildman–Crippen MR) is 140 cm³/mol. The molecule has 0 saturated carbocycles. The molecule has 3 rings (SSSR count). The van der Waals surface area contributed by atoms with Gasteiger partial charge in [-0.15, -0.1) is 22.9 Å². The van der Waals surface area contributed by atoms with E-state index in [0.29, 0.717) is 11.5 Å². The molecule has 1 aliphatic rings. The Hall–Kier alpha value is -2.77. The molecule has 1 aliphatic heterocycles. The molecule has 2 aromatic heterocycles. The topological polar surface area (TPSA) is 139 Å². The lowest BCUT2D eigenvalue weighted by atomic mass is 9.90. The first-order valence-corrected chi connectivity index (χ1v) is 15.6. The molecule has 0 bridgehead atoms. The lowest BCUT2D eigenvalue weighted by Crippen LogP contribution is -2.74. The van der Waals surface area contributed by atoms with E-state index < -0.39 is 32.1 Å². The molecule has 14 heteroatoms. The second-order valence-electron chi connectivity index (χ2n) is 9.99. The number of aryl methyl sites for hydroxylation is 2. The fourth-order valence-corrected chi connectivity index (χ4v) is 7.08. The van der Waals surface area contributed by atoms with E-state index in [-0.39, 0.29) is 33.4 Å². The van der Waals surface area contributed by atoms with Crippen LogP contribution >= 0.6 is 22.9 Å². The number of anilines is 1. The Bertz CT molecular complexity index is 1180. The number of nitrogens with zero attached hydrogens (tertiary/aromatic N) is 4. The normalized spacial score (nSPS) is 18.6. The Balaban J connectivity index is 1.94. The molecule has 1 fully saturated rings. The maximum absolute atomic E-state index is 13.5. The fraction of sp³-hybridized carbons (Fsp3) is 0.545. The number of β-lactam (4-membered cyclic amide) rings is 1. The molecule has 1 saturated heterocycles. The van der Waals surface area contributed by atoms with Crippen LogP contribution in [0.4, 0.5) is 5.13 Å². The molecule has 36 heavy (non-hydrogen) atoms. The summed E-state index contributed by atoms with van der Waals surface area (Å²) < 4.78 is 7.32. The van der Waals surface area contributed by atoms with E-state index in [9.17, 15) is 14.4 Å². The summed E-state index contributed by atoms with van der Waals surface area (Å²) in [7, 11) is -1.02. The van der Waals surface area contributed by atoms with Crippen LogP contribution in [0.2, 0.25) is 18.1 Å². The summed E-state index contributed by atoms with van der Waals surface area (Å²) in [5.74, 6) is -0.878. The smallest absolute Gasteiger partial charge is 0.276 e. The molecule has 0 unspecified atom stereocenters. The summed E-state index contributed by atoms with van der Waals surface area (Å²) in [5.41, 5.74) is 1.51. The maximum Gasteiger partial charge on any atom is 0.276 e. The van der Waals surface area contributed by atoms with Crippen molar-refractivity contribution >= 4 is 59.7 Å². The number of oxime groups is 1. The van der Waals surface area contributed by atoms with E-state index in [4.69, 9.17) is 21.0 Å². The number of hydrogen-bond acceptors (Lipinski definition) is 9. The molecule has 2 aromatic rings. The summed E-state index contributed by atoms with van der Waals surface area (Å²) in [4.78, 5) is 47.6. The van der Waals surface area contributed by atoms with Crippen molar-refractivity contribution in [2.45, 2.75) is 64.8 Å². The van der Waals surface area contributed by atoms with Crippen LogP contribution in [0.1, 0.15) is 49.5 Å². The number of nitrogens with one attached hydrogen (secondary N) is 2. The molecule has 3 heterocycles. The van der Waals surface area contributed by atoms with Crippen molar-refractivity contribution in [1.29, 1.82) is 0 Å². The summed E-state index contributed by atoms with van der Waals surface area (Å²) in [6.07, 6.45) is 0. The summed E-state index contributed by atoms with van der Waals surface area (Å²) in [6.45, 7) is 14.3. The van der Waals surface area contributed by atoms with Gasteiger partial charge in [0.2, 0.25) is 11.8 Å². The van der Waals surface area contributed by atoms with Gasteiger partial charge in [-0.1, -0.05) is 44.2 Å². The molecule has 0 radical (unpaired) electrons. The van der Waals surface area contributed by atoms with Crippen molar-refractivity contribution in [3.8, 4) is 0 Å². The van der Waals surface area contributed by atoms with Gasteiger partial charge in [-0.25, -0.2) is 4.98 Å². The number of thiazole rings is 1. The second-order valence-corrected chi connectivity index (χ2v) is 16.2. The van der Waals surface area contributed by atoms with Gasteiger partial charge in [0.1, 0.15) is 30.5 Å². The van der Waals surface area contributed by atoms with Gasteiger partial charge in [0, 0.05) is 10.9 Å². The van der Waals surface area contributed by atoms with Gasteiger partial charge >= 0.3 is 0 Å². The summed E-state index contributed by atoms with van der Waals surface area (Å²) in [6, 6.07) is -1.29. The lowest BCUT2D eigenvalue weighted by molar-refractivity contribution is -0.146. The van der Waals surface area contributed by atoms with E-state index in [1.54, 1.807) is 12.3 Å². The van der Waals surface area contributed by atoms with Gasteiger partial charge in [-0.05, 0) is 18.9 Å². The minimum atomic E-state index is -2.32. The van der Waals surface area contributed by atoms with Crippen LogP contribution in [0.5, 0.6) is 0 Å². The van der Waals surface area contributed by atoms with Crippen molar-refractivity contribution in [1.82, 2.24) is 20.0 Å². The third-order valence-corrected chi connectivity index (χ3v) is 13.1. The SMILES string of the molecule is CO/N=C(\C(=O)N[C@@H]1C(=O)N([Si](C)(C)C(C)(C)C)[C@H]1c1c(C)noc1C)c1csc(NC(=O)CCl)n1. The Labute approximate surface area is 219 Å². The Kier molecular flexibility index (Phi) is 7.96. The van der Waals surface area contributed by atoms with Crippen LogP contribution in [-0.2, 0) is 19.2 Å². The average Bonchev–Trinajstić information content (AvgIpc) is 3.38. The molecular formula is C22H31ClN6O5SSi. The summed E-state index contributed by atoms with van der Waals surface area (Å²) >= 11 is 6.63. The highest BCUT2D eigenvalue weighted by Crippen LogP contribution is 2.49. The van der Waals surface area contributed by atoms with E-state index in [2.05, 4.69) is 59.8 Å². The Morgan fingerprint density at radius 3 is 2.53 bits per heavy atom. The van der Waals surface area contributed by atoms with E-state index in [1.807, 2.05) is 11.5 Å². The first kappa shape index (κ1) is 27.8. The first-order chi connectivity index (χ1) is 16.7. The third-order valence-electron chi connectivity index (χ3n) is 6.72. The van der Waals surface area contributed by atoms with Gasteiger partial charge < -0.3 is 24.6 Å². The van der Waals surface area contributed by atoms with Gasteiger partial charge in [-0.2, -0.15) is 0 Å². The van der Waals surface area contributed by atoms with Crippen LogP contribution < -0.4 is 10.6 Å².